The third-order valence-corrected chi connectivity index (χ3v) is 6.73. The topological polar surface area (TPSA) is 58.4 Å². The molecular weight excluding hydrogens is 396 g/mol. The summed E-state index contributed by atoms with van der Waals surface area (Å²) >= 11 is 0. The summed E-state index contributed by atoms with van der Waals surface area (Å²) < 4.78 is 2.04. The molecule has 1 aliphatic heterocycles. The molecule has 4 heterocycles. The first kappa shape index (κ1) is 19.3. The molecule has 6 nitrogen and oxygen atoms in total. The van der Waals surface area contributed by atoms with E-state index in [1.165, 1.54) is 38.5 Å². The van der Waals surface area contributed by atoms with Crippen LogP contribution in [0.25, 0.3) is 28.0 Å². The van der Waals surface area contributed by atoms with Crippen molar-refractivity contribution in [2.45, 2.75) is 44.6 Å². The third-order valence-electron chi connectivity index (χ3n) is 6.73. The SMILES string of the molecule is c1ccc(-c2nn3c(N4CCCC4)ccnc3c2-c2ccnc(NC3CCCC3)c2)cc1. The second-order valence-electron chi connectivity index (χ2n) is 8.88. The van der Waals surface area contributed by atoms with Gasteiger partial charge >= 0.3 is 0 Å². The fourth-order valence-corrected chi connectivity index (χ4v) is 5.13. The van der Waals surface area contributed by atoms with Crippen molar-refractivity contribution in [2.75, 3.05) is 23.3 Å². The number of rotatable bonds is 5. The van der Waals surface area contributed by atoms with Crippen LogP contribution in [0, 0.1) is 0 Å². The van der Waals surface area contributed by atoms with E-state index in [1.807, 2.05) is 23.0 Å². The molecule has 32 heavy (non-hydrogen) atoms. The Morgan fingerprint density at radius 3 is 2.41 bits per heavy atom. The molecule has 6 heteroatoms. The molecule has 0 amide bonds. The molecule has 1 saturated carbocycles. The lowest BCUT2D eigenvalue weighted by molar-refractivity contribution is 0.750. The zero-order chi connectivity index (χ0) is 21.3. The number of pyridine rings is 1. The molecular formula is C26H28N6. The third kappa shape index (κ3) is 3.49. The minimum absolute atomic E-state index is 0.523. The molecule has 0 spiro atoms. The average molecular weight is 425 g/mol. The van der Waals surface area contributed by atoms with Crippen LogP contribution < -0.4 is 10.2 Å². The Hall–Kier alpha value is -3.41. The summed E-state index contributed by atoms with van der Waals surface area (Å²) in [6, 6.07) is 17.3. The number of fused-ring (bicyclic) bond motifs is 1. The van der Waals surface area contributed by atoms with Gasteiger partial charge in [0.15, 0.2) is 5.65 Å². The van der Waals surface area contributed by atoms with Crippen molar-refractivity contribution in [3.63, 3.8) is 0 Å². The van der Waals surface area contributed by atoms with Crippen molar-refractivity contribution in [3.8, 4) is 22.4 Å². The van der Waals surface area contributed by atoms with Gasteiger partial charge in [-0.05, 0) is 49.4 Å². The van der Waals surface area contributed by atoms with Crippen molar-refractivity contribution < 1.29 is 0 Å². The molecule has 3 aromatic heterocycles. The maximum Gasteiger partial charge on any atom is 0.165 e. The molecule has 1 N–H and O–H groups in total. The van der Waals surface area contributed by atoms with Crippen LogP contribution in [-0.2, 0) is 0 Å². The minimum Gasteiger partial charge on any atom is -0.367 e. The first-order valence-corrected chi connectivity index (χ1v) is 11.8. The Balaban J connectivity index is 1.51. The predicted molar refractivity (Wildman–Crippen MR) is 129 cm³/mol. The Morgan fingerprint density at radius 2 is 1.59 bits per heavy atom. The largest absolute Gasteiger partial charge is 0.367 e. The van der Waals surface area contributed by atoms with Crippen LogP contribution in [0.1, 0.15) is 38.5 Å². The number of hydrogen-bond acceptors (Lipinski definition) is 5. The van der Waals surface area contributed by atoms with Gasteiger partial charge in [0.2, 0.25) is 0 Å². The van der Waals surface area contributed by atoms with Gasteiger partial charge in [0.1, 0.15) is 17.3 Å². The molecule has 2 aliphatic rings. The molecule has 0 bridgehead atoms. The van der Waals surface area contributed by atoms with E-state index in [0.29, 0.717) is 6.04 Å². The molecule has 2 fully saturated rings. The summed E-state index contributed by atoms with van der Waals surface area (Å²) in [6.07, 6.45) is 11.3. The number of hydrogen-bond donors (Lipinski definition) is 1. The number of nitrogens with zero attached hydrogens (tertiary/aromatic N) is 5. The second kappa shape index (κ2) is 8.26. The quantitative estimate of drug-likeness (QED) is 0.464. The maximum atomic E-state index is 5.11. The summed E-state index contributed by atoms with van der Waals surface area (Å²) in [5.74, 6) is 2.05. The average Bonchev–Trinajstić information content (AvgIpc) is 3.60. The highest BCUT2D eigenvalue weighted by molar-refractivity contribution is 5.91. The van der Waals surface area contributed by atoms with Crippen LogP contribution in [0.15, 0.2) is 60.9 Å². The molecule has 1 aromatic carbocycles. The molecule has 1 saturated heterocycles. The van der Waals surface area contributed by atoms with Gasteiger partial charge in [-0.25, -0.2) is 9.97 Å². The lowest BCUT2D eigenvalue weighted by Gasteiger charge is -2.18. The van der Waals surface area contributed by atoms with E-state index < -0.39 is 0 Å². The van der Waals surface area contributed by atoms with Gasteiger partial charge in [0, 0.05) is 37.1 Å². The van der Waals surface area contributed by atoms with Crippen molar-refractivity contribution >= 4 is 17.3 Å². The summed E-state index contributed by atoms with van der Waals surface area (Å²) in [7, 11) is 0. The zero-order valence-corrected chi connectivity index (χ0v) is 18.2. The lowest BCUT2D eigenvalue weighted by atomic mass is 10.0. The second-order valence-corrected chi connectivity index (χ2v) is 8.88. The first-order valence-electron chi connectivity index (χ1n) is 11.8. The van der Waals surface area contributed by atoms with Crippen molar-refractivity contribution in [2.24, 2.45) is 0 Å². The minimum atomic E-state index is 0.523. The monoisotopic (exact) mass is 424 g/mol. The van der Waals surface area contributed by atoms with Gasteiger partial charge in [-0.15, -0.1) is 0 Å². The fourth-order valence-electron chi connectivity index (χ4n) is 5.13. The van der Waals surface area contributed by atoms with Crippen LogP contribution in [0.2, 0.25) is 0 Å². The molecule has 6 rings (SSSR count). The molecule has 0 radical (unpaired) electrons. The predicted octanol–water partition coefficient (Wildman–Crippen LogP) is 5.41. The fraction of sp³-hybridized carbons (Fsp3) is 0.346. The van der Waals surface area contributed by atoms with Crippen LogP contribution in [0.3, 0.4) is 0 Å². The van der Waals surface area contributed by atoms with Gasteiger partial charge in [0.05, 0.1) is 5.56 Å². The smallest absolute Gasteiger partial charge is 0.165 e. The Labute approximate surface area is 188 Å². The van der Waals surface area contributed by atoms with Crippen molar-refractivity contribution in [1.29, 1.82) is 0 Å². The van der Waals surface area contributed by atoms with Gasteiger partial charge < -0.3 is 10.2 Å². The van der Waals surface area contributed by atoms with Crippen LogP contribution in [0.4, 0.5) is 11.6 Å². The van der Waals surface area contributed by atoms with Gasteiger partial charge in [0.25, 0.3) is 0 Å². The van der Waals surface area contributed by atoms with E-state index in [9.17, 15) is 0 Å². The standard InChI is InChI=1S/C26H28N6/c1-2-8-19(9-3-1)25-24(20-12-14-27-22(18-20)29-21-10-4-5-11-21)26-28-15-13-23(32(26)30-25)31-16-6-7-17-31/h1-3,8-9,12-15,18,21H,4-7,10-11,16-17H2,(H,27,29). The van der Waals surface area contributed by atoms with Crippen molar-refractivity contribution in [1.82, 2.24) is 19.6 Å². The van der Waals surface area contributed by atoms with Gasteiger partial charge in [-0.3, -0.25) is 0 Å². The van der Waals surface area contributed by atoms with Gasteiger partial charge in [-0.2, -0.15) is 9.61 Å². The van der Waals surface area contributed by atoms with Crippen LogP contribution in [0.5, 0.6) is 0 Å². The summed E-state index contributed by atoms with van der Waals surface area (Å²) in [4.78, 5) is 11.8. The molecule has 0 unspecified atom stereocenters. The number of aromatic nitrogens is 4. The van der Waals surface area contributed by atoms with E-state index in [0.717, 1.165) is 52.8 Å². The first-order chi connectivity index (χ1) is 15.9. The van der Waals surface area contributed by atoms with Crippen LogP contribution in [-0.4, -0.2) is 38.7 Å². The van der Waals surface area contributed by atoms with E-state index in [1.54, 1.807) is 0 Å². The zero-order valence-electron chi connectivity index (χ0n) is 18.2. The molecule has 0 atom stereocenters. The lowest BCUT2D eigenvalue weighted by Crippen LogP contribution is -2.21. The highest BCUT2D eigenvalue weighted by atomic mass is 15.4. The van der Waals surface area contributed by atoms with Gasteiger partial charge in [-0.1, -0.05) is 43.2 Å². The Morgan fingerprint density at radius 1 is 0.812 bits per heavy atom. The number of benzene rings is 1. The highest BCUT2D eigenvalue weighted by Gasteiger charge is 2.23. The van der Waals surface area contributed by atoms with E-state index >= 15 is 0 Å². The van der Waals surface area contributed by atoms with E-state index in [-0.39, 0.29) is 0 Å². The Kier molecular flexibility index (Phi) is 4.98. The normalized spacial score (nSPS) is 16.8. The molecule has 1 aliphatic carbocycles. The summed E-state index contributed by atoms with van der Waals surface area (Å²) in [5.41, 5.74) is 5.12. The Bertz CT molecular complexity index is 1220. The summed E-state index contributed by atoms with van der Waals surface area (Å²) in [6.45, 7) is 2.14. The summed E-state index contributed by atoms with van der Waals surface area (Å²) in [5, 5.41) is 8.75. The van der Waals surface area contributed by atoms with Crippen molar-refractivity contribution in [3.05, 3.63) is 60.9 Å². The number of anilines is 2. The van der Waals surface area contributed by atoms with E-state index in [2.05, 4.69) is 57.7 Å². The van der Waals surface area contributed by atoms with E-state index in [4.69, 9.17) is 10.1 Å². The molecule has 4 aromatic rings. The maximum absolute atomic E-state index is 5.11. The molecule has 162 valence electrons. The highest BCUT2D eigenvalue weighted by Crippen LogP contribution is 2.37. The number of nitrogens with one attached hydrogen (secondary N) is 1. The van der Waals surface area contributed by atoms with Crippen LogP contribution >= 0.6 is 0 Å².